The topological polar surface area (TPSA) is 104 Å². The van der Waals surface area contributed by atoms with Crippen molar-refractivity contribution < 1.29 is 29.6 Å². The number of rotatable bonds is 0. The van der Waals surface area contributed by atoms with Gasteiger partial charge in [0.05, 0.1) is 17.4 Å². The Morgan fingerprint density at radius 3 is 2.54 bits per heavy atom. The predicted octanol–water partition coefficient (Wildman–Crippen LogP) is 0.584. The van der Waals surface area contributed by atoms with Crippen LogP contribution >= 0.6 is 0 Å². The first kappa shape index (κ1) is 17.0. The van der Waals surface area contributed by atoms with E-state index in [1.54, 1.807) is 12.2 Å². The van der Waals surface area contributed by atoms with Crippen LogP contribution in [-0.4, -0.2) is 51.0 Å². The van der Waals surface area contributed by atoms with Crippen molar-refractivity contribution in [3.05, 3.63) is 12.2 Å². The summed E-state index contributed by atoms with van der Waals surface area (Å²) in [6.07, 6.45) is 3.43. The number of Topliss-reactive ketones (excluding diaryl/α,β-unsaturated/α-hetero) is 1. The van der Waals surface area contributed by atoms with E-state index < -0.39 is 51.4 Å². The summed E-state index contributed by atoms with van der Waals surface area (Å²) >= 11 is 0. The molecule has 2 heterocycles. The molecule has 2 aliphatic heterocycles. The van der Waals surface area contributed by atoms with E-state index in [9.17, 15) is 24.9 Å². The zero-order valence-electron chi connectivity index (χ0n) is 15.4. The first-order valence-corrected chi connectivity index (χ1v) is 9.51. The van der Waals surface area contributed by atoms with E-state index in [-0.39, 0.29) is 24.7 Å². The van der Waals surface area contributed by atoms with E-state index >= 15 is 0 Å². The van der Waals surface area contributed by atoms with Gasteiger partial charge in [-0.2, -0.15) is 0 Å². The average molecular weight is 362 g/mol. The lowest BCUT2D eigenvalue weighted by Gasteiger charge is -2.71. The van der Waals surface area contributed by atoms with Crippen molar-refractivity contribution >= 4 is 11.6 Å². The Morgan fingerprint density at radius 1 is 1.15 bits per heavy atom. The minimum atomic E-state index is -2.07. The number of hydrogen-bond donors (Lipinski definition) is 3. The molecule has 142 valence electrons. The van der Waals surface area contributed by atoms with Crippen molar-refractivity contribution in [3.8, 4) is 0 Å². The molecule has 4 bridgehead atoms. The largest absolute Gasteiger partial charge is 0.387 e. The van der Waals surface area contributed by atoms with E-state index in [0.717, 1.165) is 0 Å². The van der Waals surface area contributed by atoms with Gasteiger partial charge in [-0.05, 0) is 49.5 Å². The zero-order chi connectivity index (χ0) is 18.9. The van der Waals surface area contributed by atoms with Crippen LogP contribution in [0.1, 0.15) is 40.0 Å². The molecule has 26 heavy (non-hydrogen) atoms. The summed E-state index contributed by atoms with van der Waals surface area (Å²) in [5.41, 5.74) is -4.55. The van der Waals surface area contributed by atoms with Crippen molar-refractivity contribution in [1.82, 2.24) is 0 Å². The fourth-order valence-corrected chi connectivity index (χ4v) is 7.51. The van der Waals surface area contributed by atoms with E-state index in [0.29, 0.717) is 12.8 Å². The second-order valence-corrected chi connectivity index (χ2v) is 9.95. The summed E-state index contributed by atoms with van der Waals surface area (Å²) < 4.78 is 5.77. The number of carbonyl (C=O) groups is 2. The zero-order valence-corrected chi connectivity index (χ0v) is 15.4. The van der Waals surface area contributed by atoms with Gasteiger partial charge in [-0.15, -0.1) is 0 Å². The molecule has 6 heteroatoms. The minimum Gasteiger partial charge on any atom is -0.387 e. The Morgan fingerprint density at radius 2 is 1.85 bits per heavy atom. The van der Waals surface area contributed by atoms with Gasteiger partial charge in [0.1, 0.15) is 11.7 Å². The monoisotopic (exact) mass is 362 g/mol. The quantitative estimate of drug-likeness (QED) is 0.582. The lowest BCUT2D eigenvalue weighted by atomic mass is 9.37. The molecule has 0 aromatic rings. The average Bonchev–Trinajstić information content (AvgIpc) is 2.72. The molecular weight excluding hydrogens is 336 g/mol. The minimum absolute atomic E-state index is 0.00430. The summed E-state index contributed by atoms with van der Waals surface area (Å²) in [5, 5.41) is 33.7. The van der Waals surface area contributed by atoms with Gasteiger partial charge in [-0.1, -0.05) is 19.9 Å². The van der Waals surface area contributed by atoms with Crippen LogP contribution in [0.2, 0.25) is 0 Å². The Bertz CT molecular complexity index is 768. The number of allylic oxidation sites excluding steroid dienone is 2. The van der Waals surface area contributed by atoms with Crippen molar-refractivity contribution in [2.75, 3.05) is 6.61 Å². The van der Waals surface area contributed by atoms with Gasteiger partial charge in [0.15, 0.2) is 11.6 Å². The highest BCUT2D eigenvalue weighted by atomic mass is 16.6. The number of aliphatic hydroxyl groups excluding tert-OH is 1. The Kier molecular flexibility index (Phi) is 2.83. The van der Waals surface area contributed by atoms with E-state index in [1.807, 2.05) is 13.8 Å². The maximum absolute atomic E-state index is 13.4. The van der Waals surface area contributed by atoms with Crippen molar-refractivity contribution in [2.45, 2.75) is 57.5 Å². The standard InChI is InChI=1S/C20H26O6/c1-16(2)7-6-12(21)18-9-26-20(25,14(22)13(16)18)19-8-10(4-5-11(18)19)17(3,24)15(19)23/h6-7,10-11,13-14,22,24-25H,4-5,8-9H2,1-3H3. The van der Waals surface area contributed by atoms with Gasteiger partial charge in [0, 0.05) is 5.92 Å². The van der Waals surface area contributed by atoms with Gasteiger partial charge in [0.2, 0.25) is 5.79 Å². The third-order valence-corrected chi connectivity index (χ3v) is 8.62. The molecule has 5 fully saturated rings. The smallest absolute Gasteiger partial charge is 0.205 e. The van der Waals surface area contributed by atoms with Crippen LogP contribution in [0.4, 0.5) is 0 Å². The number of fused-ring (bicyclic) bond motifs is 2. The van der Waals surface area contributed by atoms with Crippen molar-refractivity contribution in [3.63, 3.8) is 0 Å². The molecule has 2 spiro atoms. The normalized spacial score (nSPS) is 59.3. The van der Waals surface area contributed by atoms with Crippen LogP contribution in [0, 0.1) is 34.0 Å². The Hall–Kier alpha value is -1.08. The molecule has 6 rings (SSSR count). The third-order valence-electron chi connectivity index (χ3n) is 8.62. The van der Waals surface area contributed by atoms with Gasteiger partial charge >= 0.3 is 0 Å². The molecule has 3 N–H and O–H groups in total. The fraction of sp³-hybridized carbons (Fsp3) is 0.800. The Balaban J connectivity index is 1.81. The molecule has 0 aromatic carbocycles. The lowest BCUT2D eigenvalue weighted by Crippen LogP contribution is -2.82. The molecular formula is C20H26O6. The first-order chi connectivity index (χ1) is 12.0. The predicted molar refractivity (Wildman–Crippen MR) is 89.7 cm³/mol. The molecule has 4 aliphatic carbocycles. The number of aliphatic hydroxyl groups is 3. The third kappa shape index (κ3) is 1.39. The van der Waals surface area contributed by atoms with E-state index in [2.05, 4.69) is 0 Å². The van der Waals surface area contributed by atoms with Crippen molar-refractivity contribution in [1.29, 1.82) is 0 Å². The SMILES string of the molecule is CC1(C)C=CC(=O)C23COC(O)(C(O)C12)C12CC(CCC31)C(C)(O)C2=O. The van der Waals surface area contributed by atoms with Crippen LogP contribution in [0.3, 0.4) is 0 Å². The second kappa shape index (κ2) is 4.32. The molecule has 3 saturated carbocycles. The fourth-order valence-electron chi connectivity index (χ4n) is 7.51. The number of hydrogen-bond acceptors (Lipinski definition) is 6. The second-order valence-electron chi connectivity index (χ2n) is 9.95. The highest BCUT2D eigenvalue weighted by Crippen LogP contribution is 2.75. The summed E-state index contributed by atoms with van der Waals surface area (Å²) in [5.74, 6) is -3.93. The first-order valence-electron chi connectivity index (χ1n) is 9.51. The summed E-state index contributed by atoms with van der Waals surface area (Å²) in [7, 11) is 0. The van der Waals surface area contributed by atoms with Crippen LogP contribution < -0.4 is 0 Å². The maximum atomic E-state index is 13.4. The number of ketones is 2. The molecule has 6 nitrogen and oxygen atoms in total. The molecule has 0 radical (unpaired) electrons. The molecule has 6 aliphatic rings. The van der Waals surface area contributed by atoms with Crippen LogP contribution in [0.25, 0.3) is 0 Å². The molecule has 2 saturated heterocycles. The van der Waals surface area contributed by atoms with Crippen LogP contribution in [0.5, 0.6) is 0 Å². The van der Waals surface area contributed by atoms with Gasteiger partial charge in [-0.25, -0.2) is 0 Å². The molecule has 8 atom stereocenters. The summed E-state index contributed by atoms with van der Waals surface area (Å²) in [4.78, 5) is 26.6. The number of carbonyl (C=O) groups excluding carboxylic acids is 2. The molecule has 0 amide bonds. The summed E-state index contributed by atoms with van der Waals surface area (Å²) in [6, 6.07) is 0. The van der Waals surface area contributed by atoms with Crippen LogP contribution in [-0.2, 0) is 14.3 Å². The van der Waals surface area contributed by atoms with Gasteiger partial charge in [-0.3, -0.25) is 9.59 Å². The van der Waals surface area contributed by atoms with Crippen LogP contribution in [0.15, 0.2) is 12.2 Å². The van der Waals surface area contributed by atoms with Crippen molar-refractivity contribution in [2.24, 2.45) is 34.0 Å². The lowest BCUT2D eigenvalue weighted by molar-refractivity contribution is -0.422. The molecule has 8 unspecified atom stereocenters. The van der Waals surface area contributed by atoms with Gasteiger partial charge in [0.25, 0.3) is 0 Å². The summed E-state index contributed by atoms with van der Waals surface area (Å²) in [6.45, 7) is 5.39. The molecule has 0 aromatic heterocycles. The Labute approximate surface area is 152 Å². The number of ether oxygens (including phenoxy) is 1. The van der Waals surface area contributed by atoms with E-state index in [4.69, 9.17) is 4.74 Å². The van der Waals surface area contributed by atoms with E-state index in [1.165, 1.54) is 6.92 Å². The highest BCUT2D eigenvalue weighted by Gasteiger charge is 2.86. The maximum Gasteiger partial charge on any atom is 0.205 e. The van der Waals surface area contributed by atoms with Gasteiger partial charge < -0.3 is 20.1 Å². The highest BCUT2D eigenvalue weighted by molar-refractivity contribution is 6.02.